The molecule has 0 aliphatic carbocycles. The van der Waals surface area contributed by atoms with Crippen LogP contribution in [-0.4, -0.2) is 11.0 Å². The Morgan fingerprint density at radius 3 is 2.95 bits per heavy atom. The summed E-state index contributed by atoms with van der Waals surface area (Å²) < 4.78 is 9.73. The number of nitrogens with zero attached hydrogens (tertiary/aromatic N) is 1. The summed E-state index contributed by atoms with van der Waals surface area (Å²) in [6, 6.07) is 4.53. The van der Waals surface area contributed by atoms with Crippen molar-refractivity contribution in [3.63, 3.8) is 0 Å². The number of anilines is 2. The predicted molar refractivity (Wildman–Crippen MR) is 83.3 cm³/mol. The fraction of sp³-hybridized carbons (Fsp3) is 0.462. The number of aromatic nitrogens is 1. The lowest BCUT2D eigenvalue weighted by atomic mass is 10.1. The quantitative estimate of drug-likeness (QED) is 0.806. The first kappa shape index (κ1) is 14.1. The normalized spacial score (nSPS) is 12.3. The number of nitrogens with two attached hydrogens (primary N) is 1. The zero-order valence-electron chi connectivity index (χ0n) is 11.2. The molecule has 0 radical (unpaired) electrons. The summed E-state index contributed by atoms with van der Waals surface area (Å²) in [6.45, 7) is 4.73. The third-order valence-electron chi connectivity index (χ3n) is 2.73. The Morgan fingerprint density at radius 2 is 2.32 bits per heavy atom. The van der Waals surface area contributed by atoms with Gasteiger partial charge in [0.15, 0.2) is 16.6 Å². The highest BCUT2D eigenvalue weighted by atomic mass is 32.1. The topological polar surface area (TPSA) is 60.2 Å². The van der Waals surface area contributed by atoms with Crippen LogP contribution in [0.5, 0.6) is 5.75 Å². The van der Waals surface area contributed by atoms with E-state index in [-0.39, 0.29) is 0 Å². The highest BCUT2D eigenvalue weighted by molar-refractivity contribution is 7.11. The molecule has 6 heteroatoms. The Kier molecular flexibility index (Phi) is 5.04. The van der Waals surface area contributed by atoms with Crippen LogP contribution in [-0.2, 0) is 0 Å². The van der Waals surface area contributed by atoms with Crippen molar-refractivity contribution in [3.8, 4) is 5.75 Å². The van der Waals surface area contributed by atoms with Crippen LogP contribution in [0.1, 0.15) is 37.6 Å². The van der Waals surface area contributed by atoms with Crippen molar-refractivity contribution >= 4 is 33.7 Å². The molecule has 1 atom stereocenters. The third-order valence-corrected chi connectivity index (χ3v) is 4.49. The van der Waals surface area contributed by atoms with E-state index in [0.717, 1.165) is 17.8 Å². The van der Waals surface area contributed by atoms with Gasteiger partial charge in [-0.05, 0) is 36.3 Å². The van der Waals surface area contributed by atoms with Crippen molar-refractivity contribution in [1.82, 2.24) is 4.37 Å². The number of ether oxygens (including phenoxy) is 1. The van der Waals surface area contributed by atoms with E-state index in [1.807, 2.05) is 6.92 Å². The van der Waals surface area contributed by atoms with Crippen LogP contribution in [0, 0.1) is 0 Å². The average molecular weight is 297 g/mol. The van der Waals surface area contributed by atoms with Gasteiger partial charge in [0, 0.05) is 4.88 Å². The highest BCUT2D eigenvalue weighted by Crippen LogP contribution is 2.38. The Balaban J connectivity index is 2.17. The van der Waals surface area contributed by atoms with Gasteiger partial charge in [-0.15, -0.1) is 11.3 Å². The second kappa shape index (κ2) is 6.77. The van der Waals surface area contributed by atoms with Gasteiger partial charge in [-0.2, -0.15) is 4.37 Å². The third kappa shape index (κ3) is 3.39. The van der Waals surface area contributed by atoms with Crippen molar-refractivity contribution in [2.24, 2.45) is 0 Å². The van der Waals surface area contributed by atoms with E-state index in [9.17, 15) is 0 Å². The molecule has 3 N–H and O–H groups in total. The molecule has 0 aromatic carbocycles. The molecule has 0 bridgehead atoms. The molecule has 2 aromatic rings. The molecule has 0 fully saturated rings. The first-order chi connectivity index (χ1) is 9.26. The van der Waals surface area contributed by atoms with Crippen LogP contribution in [0.3, 0.4) is 0 Å². The lowest BCUT2D eigenvalue weighted by Crippen LogP contribution is -2.09. The molecule has 19 heavy (non-hydrogen) atoms. The smallest absolute Gasteiger partial charge is 0.197 e. The molecule has 2 rings (SSSR count). The van der Waals surface area contributed by atoms with Gasteiger partial charge in [-0.25, -0.2) is 0 Å². The van der Waals surface area contributed by atoms with Gasteiger partial charge >= 0.3 is 0 Å². The largest absolute Gasteiger partial charge is 0.487 e. The van der Waals surface area contributed by atoms with Crippen molar-refractivity contribution in [3.05, 3.63) is 22.4 Å². The van der Waals surface area contributed by atoms with Crippen LogP contribution >= 0.6 is 22.9 Å². The number of nitrogens with one attached hydrogen (secondary N) is 1. The minimum atomic E-state index is 0.295. The maximum atomic E-state index is 5.83. The molecule has 4 nitrogen and oxygen atoms in total. The fourth-order valence-corrected chi connectivity index (χ4v) is 3.42. The standard InChI is InChI=1S/C13H19N3OS2/c1-3-6-9(10-7-5-8-18-10)15-13-11(17-4-2)12(14)16-19-13/h5,7-9,15H,3-4,6H2,1-2H3,(H2,14,16). The summed E-state index contributed by atoms with van der Waals surface area (Å²) in [5.41, 5.74) is 5.83. The van der Waals surface area contributed by atoms with Gasteiger partial charge < -0.3 is 15.8 Å². The summed E-state index contributed by atoms with van der Waals surface area (Å²) in [6.07, 6.45) is 2.19. The van der Waals surface area contributed by atoms with E-state index in [1.54, 1.807) is 11.3 Å². The van der Waals surface area contributed by atoms with E-state index in [0.29, 0.717) is 24.2 Å². The summed E-state index contributed by atoms with van der Waals surface area (Å²) in [4.78, 5) is 1.33. The molecular formula is C13H19N3OS2. The van der Waals surface area contributed by atoms with Crippen molar-refractivity contribution < 1.29 is 4.74 Å². The van der Waals surface area contributed by atoms with Crippen LogP contribution in [0.4, 0.5) is 10.8 Å². The molecule has 2 aromatic heterocycles. The number of hydrogen-bond acceptors (Lipinski definition) is 6. The SMILES string of the molecule is CCCC(Nc1snc(N)c1OCC)c1cccs1. The number of hydrogen-bond donors (Lipinski definition) is 2. The van der Waals surface area contributed by atoms with Crippen molar-refractivity contribution in [2.75, 3.05) is 17.7 Å². The van der Waals surface area contributed by atoms with E-state index < -0.39 is 0 Å². The second-order valence-electron chi connectivity index (χ2n) is 4.16. The average Bonchev–Trinajstić information content (AvgIpc) is 3.03. The Labute approximate surface area is 121 Å². The molecule has 0 aliphatic heterocycles. The van der Waals surface area contributed by atoms with E-state index in [2.05, 4.69) is 34.1 Å². The second-order valence-corrected chi connectivity index (χ2v) is 5.91. The van der Waals surface area contributed by atoms with Crippen LogP contribution in [0.15, 0.2) is 17.5 Å². The van der Waals surface area contributed by atoms with E-state index in [1.165, 1.54) is 16.4 Å². The van der Waals surface area contributed by atoms with Crippen molar-refractivity contribution in [2.45, 2.75) is 32.7 Å². The molecule has 0 saturated heterocycles. The Hall–Kier alpha value is -1.27. The first-order valence-electron chi connectivity index (χ1n) is 6.44. The summed E-state index contributed by atoms with van der Waals surface area (Å²) in [5, 5.41) is 6.54. The Bertz CT molecular complexity index is 496. The van der Waals surface area contributed by atoms with Crippen LogP contribution in [0.2, 0.25) is 0 Å². The van der Waals surface area contributed by atoms with Gasteiger partial charge in [0.1, 0.15) is 0 Å². The maximum Gasteiger partial charge on any atom is 0.197 e. The molecular weight excluding hydrogens is 278 g/mol. The van der Waals surface area contributed by atoms with E-state index in [4.69, 9.17) is 10.5 Å². The molecule has 0 amide bonds. The molecule has 0 aliphatic rings. The number of nitrogen functional groups attached to an aromatic ring is 1. The minimum absolute atomic E-state index is 0.295. The Morgan fingerprint density at radius 1 is 1.47 bits per heavy atom. The lowest BCUT2D eigenvalue weighted by Gasteiger charge is -2.17. The molecule has 0 spiro atoms. The first-order valence-corrected chi connectivity index (χ1v) is 8.09. The monoisotopic (exact) mass is 297 g/mol. The molecule has 2 heterocycles. The van der Waals surface area contributed by atoms with E-state index >= 15 is 0 Å². The summed E-state index contributed by atoms with van der Waals surface area (Å²) in [7, 11) is 0. The number of thiophene rings is 1. The maximum absolute atomic E-state index is 5.83. The zero-order valence-corrected chi connectivity index (χ0v) is 12.8. The van der Waals surface area contributed by atoms with Gasteiger partial charge in [0.05, 0.1) is 12.6 Å². The summed E-state index contributed by atoms with van der Waals surface area (Å²) >= 11 is 3.13. The number of rotatable bonds is 7. The van der Waals surface area contributed by atoms with Gasteiger partial charge in [-0.3, -0.25) is 0 Å². The molecule has 104 valence electrons. The van der Waals surface area contributed by atoms with Crippen LogP contribution in [0.25, 0.3) is 0 Å². The zero-order chi connectivity index (χ0) is 13.7. The lowest BCUT2D eigenvalue weighted by molar-refractivity contribution is 0.344. The molecule has 0 saturated carbocycles. The van der Waals surface area contributed by atoms with Crippen LogP contribution < -0.4 is 15.8 Å². The highest BCUT2D eigenvalue weighted by Gasteiger charge is 2.18. The minimum Gasteiger partial charge on any atom is -0.487 e. The summed E-state index contributed by atoms with van der Waals surface area (Å²) in [5.74, 6) is 1.15. The predicted octanol–water partition coefficient (Wildman–Crippen LogP) is 4.14. The molecule has 1 unspecified atom stereocenters. The van der Waals surface area contributed by atoms with Gasteiger partial charge in [-0.1, -0.05) is 19.4 Å². The fourth-order valence-electron chi connectivity index (χ4n) is 1.89. The van der Waals surface area contributed by atoms with Crippen molar-refractivity contribution in [1.29, 1.82) is 0 Å². The van der Waals surface area contributed by atoms with Gasteiger partial charge in [0.25, 0.3) is 0 Å². The van der Waals surface area contributed by atoms with Gasteiger partial charge in [0.2, 0.25) is 0 Å².